The molecule has 2 heterocycles. The fourth-order valence-electron chi connectivity index (χ4n) is 4.43. The first kappa shape index (κ1) is 19.9. The van der Waals surface area contributed by atoms with E-state index in [2.05, 4.69) is 9.80 Å². The molecule has 1 atom stereocenters. The largest absolute Gasteiger partial charge is 0.301 e. The van der Waals surface area contributed by atoms with Crippen LogP contribution in [0.2, 0.25) is 0 Å². The Morgan fingerprint density at radius 2 is 1.72 bits per heavy atom. The van der Waals surface area contributed by atoms with E-state index in [1.54, 1.807) is 6.07 Å². The number of hydrogen-bond donors (Lipinski definition) is 0. The van der Waals surface area contributed by atoms with Gasteiger partial charge in [0.25, 0.3) is 0 Å². The first-order valence-electron chi connectivity index (χ1n) is 10.0. The van der Waals surface area contributed by atoms with Crippen LogP contribution in [0.3, 0.4) is 0 Å². The van der Waals surface area contributed by atoms with Gasteiger partial charge in [0.05, 0.1) is 12.6 Å². The Hall–Kier alpha value is -2.44. The smallest absolute Gasteiger partial charge is 0.176 e. The number of hydrogen-bond acceptors (Lipinski definition) is 4. The van der Waals surface area contributed by atoms with E-state index < -0.39 is 0 Å². The molecule has 2 aromatic rings. The highest BCUT2D eigenvalue weighted by Crippen LogP contribution is 2.34. The zero-order valence-corrected chi connectivity index (χ0v) is 16.2. The Morgan fingerprint density at radius 1 is 1.03 bits per heavy atom. The van der Waals surface area contributed by atoms with Gasteiger partial charge in [0.2, 0.25) is 0 Å². The molecule has 1 unspecified atom stereocenters. The molecule has 0 radical (unpaired) electrons. The third-order valence-electron chi connectivity index (χ3n) is 6.06. The van der Waals surface area contributed by atoms with Crippen LogP contribution in [0.1, 0.15) is 40.4 Å². The predicted octanol–water partition coefficient (Wildman–Crippen LogP) is 3.62. The van der Waals surface area contributed by atoms with Crippen LogP contribution >= 0.6 is 0 Å². The number of carbonyl (C=O) groups is 2. The van der Waals surface area contributed by atoms with Crippen molar-refractivity contribution in [3.8, 4) is 0 Å². The highest BCUT2D eigenvalue weighted by Gasteiger charge is 2.32. The van der Waals surface area contributed by atoms with Crippen LogP contribution in [0.25, 0.3) is 0 Å². The van der Waals surface area contributed by atoms with Crippen molar-refractivity contribution in [3.05, 3.63) is 70.8 Å². The van der Waals surface area contributed by atoms with Gasteiger partial charge < -0.3 is 4.79 Å². The van der Waals surface area contributed by atoms with E-state index in [0.29, 0.717) is 24.6 Å². The minimum absolute atomic E-state index is 0.00138. The molecule has 0 bridgehead atoms. The lowest BCUT2D eigenvalue weighted by atomic mass is 9.95. The maximum absolute atomic E-state index is 13.6. The lowest BCUT2D eigenvalue weighted by molar-refractivity contribution is -0.112. The summed E-state index contributed by atoms with van der Waals surface area (Å²) in [6.07, 6.45) is 2.80. The first-order chi connectivity index (χ1) is 14.0. The molecule has 29 heavy (non-hydrogen) atoms. The van der Waals surface area contributed by atoms with Crippen molar-refractivity contribution < 1.29 is 18.4 Å². The van der Waals surface area contributed by atoms with Crippen LogP contribution in [0.15, 0.2) is 42.5 Å². The molecule has 4 nitrogen and oxygen atoms in total. The standard InChI is InChI=1S/C23H24F2N2O2/c24-19-4-1-17(2-5-19)23(29)14-26-9-7-16(8-10-26)12-27-13-18-3-6-20(25)11-21(18)22(27)15-28/h1-6,11,15-16,22H,7-10,12-14H2. The number of piperidine rings is 1. The zero-order valence-electron chi connectivity index (χ0n) is 16.2. The van der Waals surface area contributed by atoms with Crippen LogP contribution < -0.4 is 0 Å². The maximum Gasteiger partial charge on any atom is 0.176 e. The minimum atomic E-state index is -0.376. The van der Waals surface area contributed by atoms with Crippen LogP contribution in [0.5, 0.6) is 0 Å². The summed E-state index contributed by atoms with van der Waals surface area (Å²) in [5.41, 5.74) is 2.33. The third-order valence-corrected chi connectivity index (χ3v) is 6.06. The van der Waals surface area contributed by atoms with Gasteiger partial charge in [-0.15, -0.1) is 0 Å². The molecule has 6 heteroatoms. The second kappa shape index (κ2) is 8.51. The molecule has 0 saturated carbocycles. The van der Waals surface area contributed by atoms with E-state index in [-0.39, 0.29) is 23.5 Å². The number of rotatable bonds is 6. The Kier molecular flexibility index (Phi) is 5.83. The molecule has 0 spiro atoms. The average Bonchev–Trinajstić information content (AvgIpc) is 3.06. The molecule has 2 aliphatic rings. The van der Waals surface area contributed by atoms with Crippen molar-refractivity contribution in [3.63, 3.8) is 0 Å². The number of carbonyl (C=O) groups excluding carboxylic acids is 2. The topological polar surface area (TPSA) is 40.6 Å². The normalized spacial score (nSPS) is 20.6. The SMILES string of the molecule is O=CC1c2cc(F)ccc2CN1CC1CCN(CC(=O)c2ccc(F)cc2)CC1. The van der Waals surface area contributed by atoms with Gasteiger partial charge in [0.1, 0.15) is 17.9 Å². The number of ketones is 1. The highest BCUT2D eigenvalue weighted by atomic mass is 19.1. The van der Waals surface area contributed by atoms with Crippen molar-refractivity contribution in [2.75, 3.05) is 26.2 Å². The van der Waals surface area contributed by atoms with Gasteiger partial charge >= 0.3 is 0 Å². The molecule has 0 aliphatic carbocycles. The summed E-state index contributed by atoms with van der Waals surface area (Å²) >= 11 is 0. The Bertz CT molecular complexity index is 892. The second-order valence-electron chi connectivity index (χ2n) is 8.00. The lowest BCUT2D eigenvalue weighted by Crippen LogP contribution is -2.40. The fraction of sp³-hybridized carbons (Fsp3) is 0.391. The molecule has 1 fully saturated rings. The summed E-state index contributed by atoms with van der Waals surface area (Å²) in [4.78, 5) is 28.3. The van der Waals surface area contributed by atoms with Crippen LogP contribution in [-0.4, -0.2) is 48.0 Å². The van der Waals surface area contributed by atoms with Crippen molar-refractivity contribution in [1.82, 2.24) is 9.80 Å². The number of fused-ring (bicyclic) bond motifs is 1. The van der Waals surface area contributed by atoms with E-state index in [4.69, 9.17) is 0 Å². The number of likely N-dealkylation sites (tertiary alicyclic amines) is 1. The molecular weight excluding hydrogens is 374 g/mol. The van der Waals surface area contributed by atoms with Crippen molar-refractivity contribution in [2.45, 2.75) is 25.4 Å². The first-order valence-corrected chi connectivity index (χ1v) is 10.0. The van der Waals surface area contributed by atoms with Crippen molar-refractivity contribution in [1.29, 1.82) is 0 Å². The van der Waals surface area contributed by atoms with E-state index in [0.717, 1.165) is 49.9 Å². The zero-order chi connectivity index (χ0) is 20.4. The average molecular weight is 398 g/mol. The fourth-order valence-corrected chi connectivity index (χ4v) is 4.43. The van der Waals surface area contributed by atoms with Crippen LogP contribution in [0, 0.1) is 17.6 Å². The molecule has 0 amide bonds. The van der Waals surface area contributed by atoms with Crippen LogP contribution in [0.4, 0.5) is 8.78 Å². The number of benzene rings is 2. The lowest BCUT2D eigenvalue weighted by Gasteiger charge is -2.34. The molecule has 2 aromatic carbocycles. The molecule has 2 aliphatic heterocycles. The molecule has 4 rings (SSSR count). The third kappa shape index (κ3) is 4.43. The monoisotopic (exact) mass is 398 g/mol. The van der Waals surface area contributed by atoms with Gasteiger partial charge in [-0.2, -0.15) is 0 Å². The molecule has 1 saturated heterocycles. The Labute approximate surface area is 169 Å². The second-order valence-corrected chi connectivity index (χ2v) is 8.00. The minimum Gasteiger partial charge on any atom is -0.301 e. The van der Waals surface area contributed by atoms with Gasteiger partial charge in [-0.3, -0.25) is 14.6 Å². The van der Waals surface area contributed by atoms with E-state index in [1.807, 2.05) is 0 Å². The number of nitrogens with zero attached hydrogens (tertiary/aromatic N) is 2. The van der Waals surface area contributed by atoms with E-state index in [1.165, 1.54) is 36.4 Å². The Morgan fingerprint density at radius 3 is 2.41 bits per heavy atom. The summed E-state index contributed by atoms with van der Waals surface area (Å²) < 4.78 is 26.6. The van der Waals surface area contributed by atoms with Gasteiger partial charge in [-0.25, -0.2) is 8.78 Å². The number of aldehydes is 1. The number of Topliss-reactive ketones (excluding diaryl/α,β-unsaturated/α-hetero) is 1. The van der Waals surface area contributed by atoms with E-state index >= 15 is 0 Å². The van der Waals surface area contributed by atoms with Crippen molar-refractivity contribution >= 4 is 12.1 Å². The summed E-state index contributed by atoms with van der Waals surface area (Å²) in [6.45, 7) is 3.43. The summed E-state index contributed by atoms with van der Waals surface area (Å²) in [7, 11) is 0. The summed E-state index contributed by atoms with van der Waals surface area (Å²) in [6, 6.07) is 9.98. The van der Waals surface area contributed by atoms with Gasteiger partial charge in [0.15, 0.2) is 5.78 Å². The highest BCUT2D eigenvalue weighted by molar-refractivity contribution is 5.97. The molecule has 0 aromatic heterocycles. The Balaban J connectivity index is 1.29. The molecule has 152 valence electrons. The summed E-state index contributed by atoms with van der Waals surface area (Å²) in [5, 5.41) is 0. The molecule has 0 N–H and O–H groups in total. The maximum atomic E-state index is 13.6. The number of halogens is 2. The molecular formula is C23H24F2N2O2. The van der Waals surface area contributed by atoms with E-state index in [9.17, 15) is 18.4 Å². The predicted molar refractivity (Wildman–Crippen MR) is 106 cm³/mol. The van der Waals surface area contributed by atoms with Gasteiger partial charge in [-0.1, -0.05) is 6.07 Å². The van der Waals surface area contributed by atoms with Crippen molar-refractivity contribution in [2.24, 2.45) is 5.92 Å². The summed E-state index contributed by atoms with van der Waals surface area (Å²) in [5.74, 6) is -0.213. The van der Waals surface area contributed by atoms with Gasteiger partial charge in [0, 0.05) is 18.7 Å². The van der Waals surface area contributed by atoms with Gasteiger partial charge in [-0.05, 0) is 79.4 Å². The quantitative estimate of drug-likeness (QED) is 0.551. The van der Waals surface area contributed by atoms with Crippen LogP contribution in [-0.2, 0) is 11.3 Å².